The highest BCUT2D eigenvalue weighted by atomic mass is 16.1. The Morgan fingerprint density at radius 2 is 1.75 bits per heavy atom. The highest BCUT2D eigenvalue weighted by molar-refractivity contribution is 5.58. The van der Waals surface area contributed by atoms with E-state index in [2.05, 4.69) is 27.7 Å². The molecule has 0 aromatic heterocycles. The van der Waals surface area contributed by atoms with Gasteiger partial charge >= 0.3 is 0 Å². The van der Waals surface area contributed by atoms with Crippen LogP contribution in [0.3, 0.4) is 0 Å². The van der Waals surface area contributed by atoms with E-state index in [1.54, 1.807) is 0 Å². The average molecular weight is 222 g/mol. The molecule has 2 fully saturated rings. The quantitative estimate of drug-likeness (QED) is 0.611. The molecule has 0 radical (unpaired) electrons. The number of carbonyl (C=O) groups excluding carboxylic acids is 1. The Morgan fingerprint density at radius 3 is 2.31 bits per heavy atom. The van der Waals surface area contributed by atoms with Crippen molar-refractivity contribution in [3.63, 3.8) is 0 Å². The summed E-state index contributed by atoms with van der Waals surface area (Å²) in [6, 6.07) is 0. The van der Waals surface area contributed by atoms with Gasteiger partial charge in [-0.15, -0.1) is 0 Å². The van der Waals surface area contributed by atoms with Crippen molar-refractivity contribution in [3.05, 3.63) is 0 Å². The predicted octanol–water partition coefficient (Wildman–Crippen LogP) is 4.06. The number of fused-ring (bicyclic) bond motifs is 1. The summed E-state index contributed by atoms with van der Waals surface area (Å²) in [5.41, 5.74) is 0.491. The first-order valence-corrected chi connectivity index (χ1v) is 6.84. The Hall–Kier alpha value is -0.330. The normalized spacial score (nSPS) is 47.1. The van der Waals surface area contributed by atoms with Crippen LogP contribution in [0.15, 0.2) is 0 Å². The zero-order chi connectivity index (χ0) is 12.0. The first-order valence-electron chi connectivity index (χ1n) is 6.84. The SMILES string of the molecule is C[C@@H]1CC[C@@](C)(C=O)CC[C@@H]2[C@@H]1CC2(C)C. The largest absolute Gasteiger partial charge is 0.303 e. The molecule has 0 saturated heterocycles. The van der Waals surface area contributed by atoms with E-state index in [0.717, 1.165) is 30.6 Å². The lowest BCUT2D eigenvalue weighted by molar-refractivity contribution is -0.120. The van der Waals surface area contributed by atoms with Gasteiger partial charge in [-0.3, -0.25) is 0 Å². The Kier molecular flexibility index (Phi) is 2.92. The lowest BCUT2D eigenvalue weighted by Crippen LogP contribution is -2.48. The second-order valence-corrected chi connectivity index (χ2v) is 7.29. The van der Waals surface area contributed by atoms with Crippen LogP contribution < -0.4 is 0 Å². The van der Waals surface area contributed by atoms with Crippen LogP contribution in [0.4, 0.5) is 0 Å². The fourth-order valence-corrected chi connectivity index (χ4v) is 4.02. The molecule has 0 spiro atoms. The number of rotatable bonds is 1. The average Bonchev–Trinajstić information content (AvgIpc) is 2.22. The van der Waals surface area contributed by atoms with E-state index in [1.165, 1.54) is 25.5 Å². The van der Waals surface area contributed by atoms with Gasteiger partial charge in [0.2, 0.25) is 0 Å². The molecule has 2 saturated carbocycles. The second kappa shape index (κ2) is 3.85. The van der Waals surface area contributed by atoms with Crippen LogP contribution in [-0.4, -0.2) is 6.29 Å². The maximum absolute atomic E-state index is 11.2. The molecule has 2 aliphatic carbocycles. The molecule has 0 N–H and O–H groups in total. The molecule has 0 heterocycles. The number of hydrogen-bond donors (Lipinski definition) is 0. The van der Waals surface area contributed by atoms with Gasteiger partial charge < -0.3 is 4.79 Å². The van der Waals surface area contributed by atoms with E-state index >= 15 is 0 Å². The van der Waals surface area contributed by atoms with Gasteiger partial charge in [0.15, 0.2) is 0 Å². The molecule has 0 unspecified atom stereocenters. The topological polar surface area (TPSA) is 17.1 Å². The van der Waals surface area contributed by atoms with Crippen molar-refractivity contribution in [2.75, 3.05) is 0 Å². The molecule has 0 aromatic carbocycles. The molecule has 92 valence electrons. The highest BCUT2D eigenvalue weighted by Gasteiger charge is 2.50. The molecule has 0 amide bonds. The number of carbonyl (C=O) groups is 1. The third kappa shape index (κ3) is 1.94. The molecular formula is C15H26O. The maximum atomic E-state index is 11.2. The van der Waals surface area contributed by atoms with Crippen molar-refractivity contribution in [3.8, 4) is 0 Å². The zero-order valence-corrected chi connectivity index (χ0v) is 11.3. The molecule has 0 aromatic rings. The summed E-state index contributed by atoms with van der Waals surface area (Å²) in [6.07, 6.45) is 7.32. The van der Waals surface area contributed by atoms with E-state index in [0.29, 0.717) is 5.41 Å². The summed E-state index contributed by atoms with van der Waals surface area (Å²) >= 11 is 0. The van der Waals surface area contributed by atoms with Crippen molar-refractivity contribution in [1.29, 1.82) is 0 Å². The molecule has 1 nitrogen and oxygen atoms in total. The summed E-state index contributed by atoms with van der Waals surface area (Å²) in [4.78, 5) is 11.2. The van der Waals surface area contributed by atoms with Crippen LogP contribution >= 0.6 is 0 Å². The Labute approximate surface area is 100.0 Å². The van der Waals surface area contributed by atoms with Crippen LogP contribution in [0.2, 0.25) is 0 Å². The van der Waals surface area contributed by atoms with E-state index in [9.17, 15) is 4.79 Å². The Balaban J connectivity index is 2.10. The van der Waals surface area contributed by atoms with E-state index in [-0.39, 0.29) is 5.41 Å². The Bertz CT molecular complexity index is 281. The summed E-state index contributed by atoms with van der Waals surface area (Å²) in [6.45, 7) is 9.35. The maximum Gasteiger partial charge on any atom is 0.125 e. The first-order chi connectivity index (χ1) is 7.38. The molecule has 2 aliphatic rings. The summed E-state index contributed by atoms with van der Waals surface area (Å²) < 4.78 is 0. The van der Waals surface area contributed by atoms with Crippen LogP contribution in [0.1, 0.15) is 59.8 Å². The zero-order valence-electron chi connectivity index (χ0n) is 11.3. The fraction of sp³-hybridized carbons (Fsp3) is 0.933. The van der Waals surface area contributed by atoms with Gasteiger partial charge in [0, 0.05) is 5.41 Å². The van der Waals surface area contributed by atoms with Gasteiger partial charge in [0.1, 0.15) is 6.29 Å². The third-order valence-electron chi connectivity index (χ3n) is 5.50. The minimum atomic E-state index is -0.0368. The number of hydrogen-bond acceptors (Lipinski definition) is 1. The molecule has 0 bridgehead atoms. The minimum Gasteiger partial charge on any atom is -0.303 e. The molecule has 2 rings (SSSR count). The number of aldehydes is 1. The van der Waals surface area contributed by atoms with Gasteiger partial charge in [-0.25, -0.2) is 0 Å². The van der Waals surface area contributed by atoms with Gasteiger partial charge in [-0.05, 0) is 55.3 Å². The second-order valence-electron chi connectivity index (χ2n) is 7.29. The molecule has 4 atom stereocenters. The third-order valence-corrected chi connectivity index (χ3v) is 5.50. The van der Waals surface area contributed by atoms with Crippen LogP contribution in [-0.2, 0) is 4.79 Å². The van der Waals surface area contributed by atoms with E-state index in [4.69, 9.17) is 0 Å². The van der Waals surface area contributed by atoms with Gasteiger partial charge in [0.25, 0.3) is 0 Å². The lowest BCUT2D eigenvalue weighted by atomic mass is 9.49. The molecule has 16 heavy (non-hydrogen) atoms. The van der Waals surface area contributed by atoms with Crippen molar-refractivity contribution >= 4 is 6.29 Å². The van der Waals surface area contributed by atoms with Gasteiger partial charge in [-0.1, -0.05) is 27.7 Å². The fourth-order valence-electron chi connectivity index (χ4n) is 4.02. The lowest BCUT2D eigenvalue weighted by Gasteiger charge is -2.56. The van der Waals surface area contributed by atoms with Crippen LogP contribution in [0, 0.1) is 28.6 Å². The van der Waals surface area contributed by atoms with Crippen LogP contribution in [0.5, 0.6) is 0 Å². The van der Waals surface area contributed by atoms with Crippen LogP contribution in [0.25, 0.3) is 0 Å². The van der Waals surface area contributed by atoms with Gasteiger partial charge in [-0.2, -0.15) is 0 Å². The highest BCUT2D eigenvalue weighted by Crippen LogP contribution is 2.58. The van der Waals surface area contributed by atoms with Gasteiger partial charge in [0.05, 0.1) is 0 Å². The van der Waals surface area contributed by atoms with Crippen molar-refractivity contribution in [2.45, 2.75) is 59.8 Å². The minimum absolute atomic E-state index is 0.0368. The summed E-state index contributed by atoms with van der Waals surface area (Å²) in [5, 5.41) is 0. The van der Waals surface area contributed by atoms with Crippen molar-refractivity contribution in [2.24, 2.45) is 28.6 Å². The standard InChI is InChI=1S/C15H26O/c1-11-5-7-15(4,10-16)8-6-13-12(11)9-14(13,2)3/h10-13H,5-9H2,1-4H3/t11-,12-,13-,15-/m1/s1. The molecule has 0 aliphatic heterocycles. The Morgan fingerprint density at radius 1 is 1.12 bits per heavy atom. The smallest absolute Gasteiger partial charge is 0.125 e. The van der Waals surface area contributed by atoms with E-state index in [1.807, 2.05) is 0 Å². The van der Waals surface area contributed by atoms with Crippen molar-refractivity contribution < 1.29 is 4.79 Å². The summed E-state index contributed by atoms with van der Waals surface area (Å²) in [7, 11) is 0. The molecular weight excluding hydrogens is 196 g/mol. The predicted molar refractivity (Wildman–Crippen MR) is 67.2 cm³/mol. The van der Waals surface area contributed by atoms with E-state index < -0.39 is 0 Å². The molecule has 1 heteroatoms. The first kappa shape index (κ1) is 12.1. The van der Waals surface area contributed by atoms with Crippen molar-refractivity contribution in [1.82, 2.24) is 0 Å². The summed E-state index contributed by atoms with van der Waals surface area (Å²) in [5.74, 6) is 2.62. The monoisotopic (exact) mass is 222 g/mol.